The van der Waals surface area contributed by atoms with Crippen LogP contribution in [0.2, 0.25) is 0 Å². The molecule has 0 radical (unpaired) electrons. The third kappa shape index (κ3) is 2.71. The molecule has 1 aromatic rings. The van der Waals surface area contributed by atoms with Gasteiger partial charge in [-0.05, 0) is 11.5 Å². The summed E-state index contributed by atoms with van der Waals surface area (Å²) in [5, 5.41) is 13.8. The van der Waals surface area contributed by atoms with Gasteiger partial charge in [-0.25, -0.2) is 0 Å². The van der Waals surface area contributed by atoms with E-state index in [-0.39, 0.29) is 11.4 Å². The van der Waals surface area contributed by atoms with Crippen LogP contribution in [0.25, 0.3) is 0 Å². The van der Waals surface area contributed by atoms with Crippen LogP contribution in [0, 0.1) is 0 Å². The number of primary amides is 1. The Kier molecular flexibility index (Phi) is 3.69. The Morgan fingerprint density at radius 3 is 2.83 bits per heavy atom. The summed E-state index contributed by atoms with van der Waals surface area (Å²) >= 11 is 1.06. The number of rotatable bonds is 4. The van der Waals surface area contributed by atoms with Crippen LogP contribution in [-0.2, 0) is 4.74 Å². The van der Waals surface area contributed by atoms with Crippen molar-refractivity contribution < 1.29 is 14.6 Å². The van der Waals surface area contributed by atoms with E-state index in [1.165, 1.54) is 0 Å². The van der Waals surface area contributed by atoms with Crippen LogP contribution in [0.15, 0.2) is 0 Å². The van der Waals surface area contributed by atoms with E-state index in [1.54, 1.807) is 0 Å². The number of ether oxygens (including phenoxy) is 1. The van der Waals surface area contributed by atoms with Crippen LogP contribution in [0.4, 0.5) is 10.8 Å². The molecule has 2 rings (SSSR count). The molecule has 1 aliphatic rings. The van der Waals surface area contributed by atoms with Gasteiger partial charge in [0.15, 0.2) is 5.82 Å². The second-order valence-electron chi connectivity index (χ2n) is 4.33. The van der Waals surface area contributed by atoms with Crippen molar-refractivity contribution in [3.8, 4) is 0 Å². The number of nitrogen functional groups attached to an aromatic ring is 1. The van der Waals surface area contributed by atoms with Gasteiger partial charge in [-0.1, -0.05) is 0 Å². The Labute approximate surface area is 108 Å². The molecule has 18 heavy (non-hydrogen) atoms. The third-order valence-corrected chi connectivity index (χ3v) is 3.79. The molecule has 7 nitrogen and oxygen atoms in total. The molecule has 0 unspecified atom stereocenters. The Bertz CT molecular complexity index is 442. The summed E-state index contributed by atoms with van der Waals surface area (Å²) in [4.78, 5) is 11.2. The molecular formula is C10H16N4O3S. The normalized spacial score (nSPS) is 18.5. The van der Waals surface area contributed by atoms with Gasteiger partial charge in [-0.3, -0.25) is 4.79 Å². The van der Waals surface area contributed by atoms with Crippen LogP contribution < -0.4 is 16.8 Å². The summed E-state index contributed by atoms with van der Waals surface area (Å²) in [6.45, 7) is 1.38. The Balaban J connectivity index is 2.04. The molecule has 1 fully saturated rings. The van der Waals surface area contributed by atoms with E-state index in [9.17, 15) is 9.90 Å². The van der Waals surface area contributed by atoms with Gasteiger partial charge < -0.3 is 26.6 Å². The number of nitrogens with one attached hydrogen (secondary N) is 1. The standard InChI is InChI=1S/C10H16N4O3S/c11-7-6(8(12)15)9(18-14-7)13-5-10(16)1-3-17-4-2-10/h13,16H,1-5H2,(H2,11,14)(H2,12,15). The number of nitrogens with two attached hydrogens (primary N) is 2. The first-order valence-electron chi connectivity index (χ1n) is 5.61. The van der Waals surface area contributed by atoms with Gasteiger partial charge in [0.2, 0.25) is 0 Å². The van der Waals surface area contributed by atoms with Gasteiger partial charge in [0, 0.05) is 32.6 Å². The smallest absolute Gasteiger partial charge is 0.255 e. The number of anilines is 2. The molecule has 1 aromatic heterocycles. The number of carbonyl (C=O) groups is 1. The van der Waals surface area contributed by atoms with E-state index in [1.807, 2.05) is 0 Å². The van der Waals surface area contributed by atoms with Crippen molar-refractivity contribution in [2.45, 2.75) is 18.4 Å². The lowest BCUT2D eigenvalue weighted by Gasteiger charge is -2.32. The van der Waals surface area contributed by atoms with Crippen molar-refractivity contribution in [2.75, 3.05) is 30.8 Å². The SMILES string of the molecule is NC(=O)c1c(N)nsc1NCC1(O)CCOCC1. The average Bonchev–Trinajstić information content (AvgIpc) is 2.69. The summed E-state index contributed by atoms with van der Waals surface area (Å²) in [5.41, 5.74) is 10.1. The minimum absolute atomic E-state index is 0.119. The van der Waals surface area contributed by atoms with Gasteiger partial charge >= 0.3 is 0 Å². The molecule has 0 spiro atoms. The number of amides is 1. The second-order valence-corrected chi connectivity index (χ2v) is 5.10. The first-order valence-corrected chi connectivity index (χ1v) is 6.38. The lowest BCUT2D eigenvalue weighted by atomic mass is 9.94. The molecular weight excluding hydrogens is 256 g/mol. The molecule has 1 saturated heterocycles. The van der Waals surface area contributed by atoms with Gasteiger partial charge in [0.05, 0.1) is 5.60 Å². The average molecular weight is 272 g/mol. The predicted molar refractivity (Wildman–Crippen MR) is 68.5 cm³/mol. The van der Waals surface area contributed by atoms with Crippen LogP contribution >= 0.6 is 11.5 Å². The van der Waals surface area contributed by atoms with E-state index < -0.39 is 11.5 Å². The lowest BCUT2D eigenvalue weighted by molar-refractivity contribution is -0.0543. The quantitative estimate of drug-likeness (QED) is 0.600. The minimum Gasteiger partial charge on any atom is -0.388 e. The number of aliphatic hydroxyl groups is 1. The summed E-state index contributed by atoms with van der Waals surface area (Å²) in [7, 11) is 0. The fourth-order valence-electron chi connectivity index (χ4n) is 1.83. The fourth-order valence-corrected chi connectivity index (χ4v) is 2.55. The third-order valence-electron chi connectivity index (χ3n) is 2.97. The Hall–Kier alpha value is -1.38. The Morgan fingerprint density at radius 2 is 2.22 bits per heavy atom. The molecule has 8 heteroatoms. The highest BCUT2D eigenvalue weighted by atomic mass is 32.1. The van der Waals surface area contributed by atoms with Crippen LogP contribution in [0.5, 0.6) is 0 Å². The zero-order valence-corrected chi connectivity index (χ0v) is 10.6. The van der Waals surface area contributed by atoms with Crippen LogP contribution in [0.1, 0.15) is 23.2 Å². The number of hydrogen-bond acceptors (Lipinski definition) is 7. The lowest BCUT2D eigenvalue weighted by Crippen LogP contribution is -2.42. The van der Waals surface area contributed by atoms with E-state index in [2.05, 4.69) is 9.69 Å². The van der Waals surface area contributed by atoms with Crippen molar-refractivity contribution in [3.05, 3.63) is 5.56 Å². The summed E-state index contributed by atoms with van der Waals surface area (Å²) in [6, 6.07) is 0. The molecule has 100 valence electrons. The van der Waals surface area contributed by atoms with Gasteiger partial charge in [0.1, 0.15) is 10.6 Å². The number of nitrogens with zero attached hydrogens (tertiary/aromatic N) is 1. The fraction of sp³-hybridized carbons (Fsp3) is 0.600. The molecule has 0 aromatic carbocycles. The largest absolute Gasteiger partial charge is 0.388 e. The minimum atomic E-state index is -0.827. The predicted octanol–water partition coefficient (Wildman–Crippen LogP) is -0.222. The van der Waals surface area contributed by atoms with E-state index in [4.69, 9.17) is 16.2 Å². The van der Waals surface area contributed by atoms with Crippen molar-refractivity contribution >= 4 is 28.3 Å². The van der Waals surface area contributed by atoms with E-state index in [0.717, 1.165) is 11.5 Å². The highest BCUT2D eigenvalue weighted by Gasteiger charge is 2.30. The monoisotopic (exact) mass is 272 g/mol. The summed E-state index contributed by atoms with van der Waals surface area (Å²) < 4.78 is 9.07. The molecule has 1 amide bonds. The van der Waals surface area contributed by atoms with Crippen molar-refractivity contribution in [1.82, 2.24) is 4.37 Å². The maximum absolute atomic E-state index is 11.2. The molecule has 0 atom stereocenters. The molecule has 2 heterocycles. The van der Waals surface area contributed by atoms with E-state index >= 15 is 0 Å². The maximum atomic E-state index is 11.2. The summed E-state index contributed by atoms with van der Waals surface area (Å²) in [6.07, 6.45) is 1.11. The molecule has 0 aliphatic carbocycles. The van der Waals surface area contributed by atoms with Gasteiger partial charge in [-0.2, -0.15) is 4.37 Å². The summed E-state index contributed by atoms with van der Waals surface area (Å²) in [5.74, 6) is -0.503. The maximum Gasteiger partial charge on any atom is 0.255 e. The van der Waals surface area contributed by atoms with E-state index in [0.29, 0.717) is 37.6 Å². The van der Waals surface area contributed by atoms with Crippen molar-refractivity contribution in [2.24, 2.45) is 5.73 Å². The molecule has 0 saturated carbocycles. The first-order chi connectivity index (χ1) is 8.52. The number of hydrogen-bond donors (Lipinski definition) is 4. The zero-order chi connectivity index (χ0) is 13.2. The van der Waals surface area contributed by atoms with Crippen molar-refractivity contribution in [3.63, 3.8) is 0 Å². The zero-order valence-electron chi connectivity index (χ0n) is 9.81. The van der Waals surface area contributed by atoms with Gasteiger partial charge in [-0.15, -0.1) is 0 Å². The Morgan fingerprint density at radius 1 is 1.56 bits per heavy atom. The molecule has 0 bridgehead atoms. The second kappa shape index (κ2) is 5.09. The highest BCUT2D eigenvalue weighted by Crippen LogP contribution is 2.28. The first kappa shape index (κ1) is 13.1. The molecule has 6 N–H and O–H groups in total. The van der Waals surface area contributed by atoms with Crippen LogP contribution in [0.3, 0.4) is 0 Å². The number of aromatic nitrogens is 1. The topological polar surface area (TPSA) is 123 Å². The molecule has 1 aliphatic heterocycles. The number of carbonyl (C=O) groups excluding carboxylic acids is 1. The van der Waals surface area contributed by atoms with Crippen molar-refractivity contribution in [1.29, 1.82) is 0 Å². The van der Waals surface area contributed by atoms with Crippen LogP contribution in [-0.4, -0.2) is 40.7 Å². The highest BCUT2D eigenvalue weighted by molar-refractivity contribution is 7.11. The van der Waals surface area contributed by atoms with Gasteiger partial charge in [0.25, 0.3) is 5.91 Å².